The number of carboxylic acid groups (broad SMARTS) is 1. The van der Waals surface area contributed by atoms with Crippen molar-refractivity contribution >= 4 is 23.1 Å². The van der Waals surface area contributed by atoms with Gasteiger partial charge >= 0.3 is 5.97 Å². The molecule has 1 aliphatic carbocycles. The van der Waals surface area contributed by atoms with Gasteiger partial charge in [-0.3, -0.25) is 9.59 Å². The fourth-order valence-electron chi connectivity index (χ4n) is 4.95. The van der Waals surface area contributed by atoms with E-state index < -0.39 is 5.97 Å². The number of carbonyl (C=O) groups excluding carboxylic acids is 1. The lowest BCUT2D eigenvalue weighted by atomic mass is 9.74. The molecule has 2 aromatic rings. The summed E-state index contributed by atoms with van der Waals surface area (Å²) in [6.45, 7) is 11.0. The smallest absolute Gasteiger partial charge is 0.303 e. The highest BCUT2D eigenvalue weighted by atomic mass is 32.1. The third-order valence-corrected chi connectivity index (χ3v) is 8.18. The number of aryl methyl sites for hydroxylation is 4. The summed E-state index contributed by atoms with van der Waals surface area (Å²) >= 11 is 1.74. The van der Waals surface area contributed by atoms with Gasteiger partial charge in [0.1, 0.15) is 0 Å². The van der Waals surface area contributed by atoms with Gasteiger partial charge in [-0.15, -0.1) is 11.3 Å². The number of hydrogen-bond acceptors (Lipinski definition) is 3. The zero-order valence-electron chi connectivity index (χ0n) is 19.7. The summed E-state index contributed by atoms with van der Waals surface area (Å²) in [5, 5.41) is 9.03. The van der Waals surface area contributed by atoms with Crippen LogP contribution < -0.4 is 0 Å². The Labute approximate surface area is 190 Å². The van der Waals surface area contributed by atoms with E-state index in [2.05, 4.69) is 46.8 Å². The van der Waals surface area contributed by atoms with Crippen LogP contribution in [0, 0.1) is 12.3 Å². The van der Waals surface area contributed by atoms with E-state index in [1.807, 2.05) is 0 Å². The van der Waals surface area contributed by atoms with Crippen LogP contribution in [0.5, 0.6) is 0 Å². The van der Waals surface area contributed by atoms with Crippen LogP contribution in [0.25, 0.3) is 0 Å². The number of hydrogen-bond donors (Lipinski definition) is 1. The normalized spacial score (nSPS) is 15.0. The van der Waals surface area contributed by atoms with E-state index in [9.17, 15) is 9.59 Å². The molecule has 4 heteroatoms. The zero-order chi connectivity index (χ0) is 22.8. The highest BCUT2D eigenvalue weighted by Crippen LogP contribution is 2.42. The highest BCUT2D eigenvalue weighted by Gasteiger charge is 2.31. The van der Waals surface area contributed by atoms with Crippen molar-refractivity contribution < 1.29 is 14.7 Å². The molecule has 0 saturated carbocycles. The second-order valence-electron chi connectivity index (χ2n) is 9.73. The van der Waals surface area contributed by atoms with Gasteiger partial charge in [0.2, 0.25) is 0 Å². The van der Waals surface area contributed by atoms with Gasteiger partial charge in [0.25, 0.3) is 0 Å². The number of thiophene rings is 1. The van der Waals surface area contributed by atoms with Gasteiger partial charge < -0.3 is 5.11 Å². The van der Waals surface area contributed by atoms with Crippen LogP contribution in [0.2, 0.25) is 0 Å². The summed E-state index contributed by atoms with van der Waals surface area (Å²) < 4.78 is 0. The van der Waals surface area contributed by atoms with Gasteiger partial charge in [-0.05, 0) is 90.7 Å². The Kier molecular flexibility index (Phi) is 7.41. The SMILES string of the molecule is CCc1cc(CCC(=O)c2sc(CC)c3c2CCC(C)(C)C3)cc(C)c1CCC(=O)O. The number of fused-ring (bicyclic) bond motifs is 1. The molecule has 3 rings (SSSR count). The minimum Gasteiger partial charge on any atom is -0.481 e. The number of rotatable bonds is 9. The third kappa shape index (κ3) is 5.46. The Morgan fingerprint density at radius 2 is 1.81 bits per heavy atom. The molecule has 0 fully saturated rings. The fraction of sp³-hybridized carbons (Fsp3) is 0.556. The molecule has 0 radical (unpaired) electrons. The molecule has 0 atom stereocenters. The minimum absolute atomic E-state index is 0.158. The lowest BCUT2D eigenvalue weighted by Crippen LogP contribution is -2.22. The molecule has 1 aromatic heterocycles. The number of benzene rings is 1. The lowest BCUT2D eigenvalue weighted by molar-refractivity contribution is -0.136. The van der Waals surface area contributed by atoms with Crippen molar-refractivity contribution in [2.24, 2.45) is 5.41 Å². The minimum atomic E-state index is -0.759. The molecule has 168 valence electrons. The van der Waals surface area contributed by atoms with Crippen molar-refractivity contribution in [1.29, 1.82) is 0 Å². The first-order chi connectivity index (χ1) is 14.6. The van der Waals surface area contributed by atoms with Crippen molar-refractivity contribution in [3.8, 4) is 0 Å². The van der Waals surface area contributed by atoms with E-state index in [0.29, 0.717) is 18.3 Å². The molecule has 1 N–H and O–H groups in total. The zero-order valence-corrected chi connectivity index (χ0v) is 20.5. The first kappa shape index (κ1) is 23.7. The van der Waals surface area contributed by atoms with E-state index in [-0.39, 0.29) is 12.2 Å². The molecule has 3 nitrogen and oxygen atoms in total. The fourth-order valence-corrected chi connectivity index (χ4v) is 6.23. The summed E-state index contributed by atoms with van der Waals surface area (Å²) in [6.07, 6.45) is 7.16. The lowest BCUT2D eigenvalue weighted by Gasteiger charge is -2.30. The highest BCUT2D eigenvalue weighted by molar-refractivity contribution is 7.14. The van der Waals surface area contributed by atoms with Crippen LogP contribution in [0.15, 0.2) is 12.1 Å². The standard InChI is InChI=1S/C27H36O3S/c1-6-19-15-18(14-17(3)20(19)9-11-25(29)30)8-10-23(28)26-21-12-13-27(4,5)16-22(21)24(7-2)31-26/h14-15H,6-13,16H2,1-5H3,(H,29,30). The molecular formula is C27H36O3S. The molecule has 1 aromatic carbocycles. The van der Waals surface area contributed by atoms with E-state index in [4.69, 9.17) is 5.11 Å². The predicted octanol–water partition coefficient (Wildman–Crippen LogP) is 6.53. The van der Waals surface area contributed by atoms with Crippen LogP contribution in [0.4, 0.5) is 0 Å². The van der Waals surface area contributed by atoms with E-state index in [1.54, 1.807) is 11.3 Å². The first-order valence-corrected chi connectivity index (χ1v) is 12.5. The van der Waals surface area contributed by atoms with E-state index in [0.717, 1.165) is 54.5 Å². The topological polar surface area (TPSA) is 54.4 Å². The molecular weight excluding hydrogens is 404 g/mol. The van der Waals surface area contributed by atoms with Gasteiger partial charge in [-0.25, -0.2) is 0 Å². The van der Waals surface area contributed by atoms with Crippen LogP contribution in [0.3, 0.4) is 0 Å². The molecule has 0 amide bonds. The average molecular weight is 441 g/mol. The Hall–Kier alpha value is -1.94. The van der Waals surface area contributed by atoms with Gasteiger partial charge in [-0.2, -0.15) is 0 Å². The molecule has 0 saturated heterocycles. The van der Waals surface area contributed by atoms with Crippen LogP contribution in [-0.2, 0) is 43.3 Å². The van der Waals surface area contributed by atoms with Crippen LogP contribution in [-0.4, -0.2) is 16.9 Å². The average Bonchev–Trinajstić information content (AvgIpc) is 3.07. The Morgan fingerprint density at radius 3 is 2.45 bits per heavy atom. The quantitative estimate of drug-likeness (QED) is 0.451. The van der Waals surface area contributed by atoms with Gasteiger partial charge in [0.05, 0.1) is 4.88 Å². The molecule has 0 aliphatic heterocycles. The molecule has 0 unspecified atom stereocenters. The van der Waals surface area contributed by atoms with E-state index in [1.165, 1.54) is 27.1 Å². The Balaban J connectivity index is 1.76. The maximum atomic E-state index is 13.2. The first-order valence-electron chi connectivity index (χ1n) is 11.6. The number of ketones is 1. The molecule has 1 aliphatic rings. The Bertz CT molecular complexity index is 981. The molecule has 0 bridgehead atoms. The number of carboxylic acids is 1. The van der Waals surface area contributed by atoms with E-state index >= 15 is 0 Å². The number of aliphatic carboxylic acids is 1. The predicted molar refractivity (Wildman–Crippen MR) is 129 cm³/mol. The molecule has 31 heavy (non-hydrogen) atoms. The van der Waals surface area contributed by atoms with Crippen molar-refractivity contribution in [2.75, 3.05) is 0 Å². The summed E-state index contributed by atoms with van der Waals surface area (Å²) in [5.74, 6) is -0.475. The maximum absolute atomic E-state index is 13.2. The van der Waals surface area contributed by atoms with Crippen LogP contribution >= 0.6 is 11.3 Å². The van der Waals surface area contributed by atoms with Crippen molar-refractivity contribution in [3.05, 3.63) is 55.3 Å². The summed E-state index contributed by atoms with van der Waals surface area (Å²) in [7, 11) is 0. The Morgan fingerprint density at radius 1 is 1.06 bits per heavy atom. The molecule has 0 spiro atoms. The van der Waals surface area contributed by atoms with Gasteiger partial charge in [0.15, 0.2) is 5.78 Å². The second-order valence-corrected chi connectivity index (χ2v) is 10.8. The van der Waals surface area contributed by atoms with Crippen LogP contribution in [0.1, 0.15) is 94.9 Å². The summed E-state index contributed by atoms with van der Waals surface area (Å²) in [4.78, 5) is 26.6. The second kappa shape index (κ2) is 9.68. The molecule has 1 heterocycles. The number of carbonyl (C=O) groups is 2. The monoisotopic (exact) mass is 440 g/mol. The largest absolute Gasteiger partial charge is 0.481 e. The van der Waals surface area contributed by atoms with Crippen molar-refractivity contribution in [2.45, 2.75) is 92.4 Å². The summed E-state index contributed by atoms with van der Waals surface area (Å²) in [5.41, 5.74) is 7.82. The third-order valence-electron chi connectivity index (χ3n) is 6.72. The van der Waals surface area contributed by atoms with Crippen molar-refractivity contribution in [1.82, 2.24) is 0 Å². The maximum Gasteiger partial charge on any atom is 0.303 e. The van der Waals surface area contributed by atoms with Crippen molar-refractivity contribution in [3.63, 3.8) is 0 Å². The summed E-state index contributed by atoms with van der Waals surface area (Å²) in [6, 6.07) is 4.33. The van der Waals surface area contributed by atoms with Gasteiger partial charge in [-0.1, -0.05) is 39.8 Å². The number of Topliss-reactive ketones (excluding diaryl/α,β-unsaturated/α-hetero) is 1. The van der Waals surface area contributed by atoms with Gasteiger partial charge in [0, 0.05) is 17.7 Å².